The molecule has 7 heteroatoms. The lowest BCUT2D eigenvalue weighted by Crippen LogP contribution is -1.95. The molecule has 3 rings (SSSR count). The molecule has 98 valence electrons. The fourth-order valence-electron chi connectivity index (χ4n) is 2.04. The highest BCUT2D eigenvalue weighted by atomic mass is 32.3. The van der Waals surface area contributed by atoms with Gasteiger partial charge in [-0.25, -0.2) is 16.8 Å². The van der Waals surface area contributed by atoms with Crippen LogP contribution in [0.2, 0.25) is 0 Å². The summed E-state index contributed by atoms with van der Waals surface area (Å²) in [6, 6.07) is 13.1. The highest BCUT2D eigenvalue weighted by Gasteiger charge is 2.30. The quantitative estimate of drug-likeness (QED) is 0.806. The van der Waals surface area contributed by atoms with Gasteiger partial charge in [0.25, 0.3) is 0 Å². The number of sulfonamides is 2. The minimum atomic E-state index is -4.16. The molecule has 0 saturated heterocycles. The number of rotatable bonds is 1. The van der Waals surface area contributed by atoms with Crippen LogP contribution < -0.4 is 0 Å². The third-order valence-electron chi connectivity index (χ3n) is 2.80. The van der Waals surface area contributed by atoms with E-state index in [2.05, 4.69) is 4.13 Å². The lowest BCUT2D eigenvalue weighted by molar-refractivity contribution is 0.603. The second-order valence-electron chi connectivity index (χ2n) is 4.02. The lowest BCUT2D eigenvalue weighted by atomic mass is 10.1. The van der Waals surface area contributed by atoms with Gasteiger partial charge in [0.1, 0.15) is 20.0 Å². The predicted molar refractivity (Wildman–Crippen MR) is 69.6 cm³/mol. The molecular weight excluding hydrogens is 286 g/mol. The van der Waals surface area contributed by atoms with Crippen LogP contribution in [0.15, 0.2) is 58.3 Å². The van der Waals surface area contributed by atoms with Crippen molar-refractivity contribution in [2.24, 2.45) is 0 Å². The molecule has 0 fully saturated rings. The SMILES string of the molecule is O=S1(=O)[N-]S(=O)(=O)c2c(-c3ccccc3)cccc21. The summed E-state index contributed by atoms with van der Waals surface area (Å²) in [6.07, 6.45) is 0. The molecule has 0 atom stereocenters. The van der Waals surface area contributed by atoms with E-state index in [1.807, 2.05) is 0 Å². The Bertz CT molecular complexity index is 856. The van der Waals surface area contributed by atoms with E-state index >= 15 is 0 Å². The Kier molecular flexibility index (Phi) is 2.53. The second kappa shape index (κ2) is 3.89. The van der Waals surface area contributed by atoms with Crippen molar-refractivity contribution < 1.29 is 16.8 Å². The summed E-state index contributed by atoms with van der Waals surface area (Å²) in [5.74, 6) is 0. The first-order valence-electron chi connectivity index (χ1n) is 5.34. The van der Waals surface area contributed by atoms with Crippen LogP contribution in [0.5, 0.6) is 0 Å². The fourth-order valence-corrected chi connectivity index (χ4v) is 5.70. The molecule has 0 radical (unpaired) electrons. The lowest BCUT2D eigenvalue weighted by Gasteiger charge is -2.09. The maximum atomic E-state index is 11.9. The molecule has 0 saturated carbocycles. The Morgan fingerprint density at radius 1 is 0.737 bits per heavy atom. The van der Waals surface area contributed by atoms with Crippen LogP contribution in [0.1, 0.15) is 0 Å². The zero-order valence-corrected chi connectivity index (χ0v) is 11.1. The molecule has 0 N–H and O–H groups in total. The van der Waals surface area contributed by atoms with E-state index in [9.17, 15) is 16.8 Å². The summed E-state index contributed by atoms with van der Waals surface area (Å²) in [5.41, 5.74) is 0.984. The van der Waals surface area contributed by atoms with Gasteiger partial charge in [-0.15, -0.1) is 0 Å². The summed E-state index contributed by atoms with van der Waals surface area (Å²) >= 11 is 0. The van der Waals surface area contributed by atoms with Crippen LogP contribution >= 0.6 is 0 Å². The summed E-state index contributed by atoms with van der Waals surface area (Å²) < 4.78 is 50.2. The van der Waals surface area contributed by atoms with Crippen LogP contribution in [-0.2, 0) is 20.0 Å². The molecule has 0 spiro atoms. The van der Waals surface area contributed by atoms with E-state index in [4.69, 9.17) is 0 Å². The Hall–Kier alpha value is -1.70. The van der Waals surface area contributed by atoms with Crippen molar-refractivity contribution in [1.82, 2.24) is 0 Å². The van der Waals surface area contributed by atoms with Crippen LogP contribution in [0.3, 0.4) is 0 Å². The topological polar surface area (TPSA) is 82.4 Å². The van der Waals surface area contributed by atoms with Crippen LogP contribution in [0.25, 0.3) is 15.3 Å². The molecule has 1 aliphatic heterocycles. The standard InChI is InChI=1S/C12H8NO4S2/c14-18(15)11-8-4-7-10(9-5-2-1-3-6-9)12(11)19(16,17)13-18/h1-8H/q-1. The highest BCUT2D eigenvalue weighted by molar-refractivity contribution is 8.14. The third-order valence-corrected chi connectivity index (χ3v) is 6.35. The Labute approximate surface area is 111 Å². The van der Waals surface area contributed by atoms with Crippen LogP contribution in [0.4, 0.5) is 0 Å². The van der Waals surface area contributed by atoms with Gasteiger partial charge in [0, 0.05) is 0 Å². The Morgan fingerprint density at radius 3 is 2.11 bits per heavy atom. The van der Waals surface area contributed by atoms with Gasteiger partial charge in [0.2, 0.25) is 0 Å². The Balaban J connectivity index is 2.42. The number of hydrogen-bond donors (Lipinski definition) is 0. The molecule has 1 heterocycles. The summed E-state index contributed by atoms with van der Waals surface area (Å²) in [7, 11) is -8.26. The molecule has 5 nitrogen and oxygen atoms in total. The normalized spacial score (nSPS) is 18.9. The number of fused-ring (bicyclic) bond motifs is 1. The molecule has 19 heavy (non-hydrogen) atoms. The van der Waals surface area contributed by atoms with Gasteiger partial charge in [-0.3, -0.25) is 0 Å². The Morgan fingerprint density at radius 2 is 1.42 bits per heavy atom. The van der Waals surface area contributed by atoms with Crippen molar-refractivity contribution in [2.75, 3.05) is 0 Å². The number of benzene rings is 2. The predicted octanol–water partition coefficient (Wildman–Crippen LogP) is 2.12. The minimum Gasteiger partial charge on any atom is -0.427 e. The zero-order chi connectivity index (χ0) is 13.7. The van der Waals surface area contributed by atoms with Crippen molar-refractivity contribution in [1.29, 1.82) is 0 Å². The number of nitrogens with zero attached hydrogens (tertiary/aromatic N) is 1. The fraction of sp³-hybridized carbons (Fsp3) is 0. The van der Waals surface area contributed by atoms with E-state index < -0.39 is 20.0 Å². The van der Waals surface area contributed by atoms with E-state index in [0.717, 1.165) is 0 Å². The molecule has 0 aromatic heterocycles. The summed E-state index contributed by atoms with van der Waals surface area (Å²) in [6.45, 7) is 0. The van der Waals surface area contributed by atoms with E-state index in [-0.39, 0.29) is 9.79 Å². The second-order valence-corrected chi connectivity index (χ2v) is 7.37. The van der Waals surface area contributed by atoms with Crippen LogP contribution in [0, 0.1) is 0 Å². The molecule has 1 aliphatic rings. The zero-order valence-electron chi connectivity index (χ0n) is 9.52. The van der Waals surface area contributed by atoms with Gasteiger partial charge in [-0.1, -0.05) is 42.5 Å². The van der Waals surface area contributed by atoms with Gasteiger partial charge in [-0.2, -0.15) is 0 Å². The summed E-state index contributed by atoms with van der Waals surface area (Å²) in [4.78, 5) is -0.491. The largest absolute Gasteiger partial charge is 0.427 e. The smallest absolute Gasteiger partial charge is 0.114 e. The van der Waals surface area contributed by atoms with Crippen LogP contribution in [-0.4, -0.2) is 16.8 Å². The van der Waals surface area contributed by atoms with Gasteiger partial charge in [0.15, 0.2) is 0 Å². The van der Waals surface area contributed by atoms with Crippen molar-refractivity contribution in [2.45, 2.75) is 9.79 Å². The average molecular weight is 294 g/mol. The third kappa shape index (κ3) is 1.86. The van der Waals surface area contributed by atoms with E-state index in [1.165, 1.54) is 12.1 Å². The average Bonchev–Trinajstić information content (AvgIpc) is 2.56. The van der Waals surface area contributed by atoms with Crippen molar-refractivity contribution >= 4 is 20.0 Å². The molecule has 0 bridgehead atoms. The van der Waals surface area contributed by atoms with Gasteiger partial charge in [0.05, 0.1) is 9.79 Å². The maximum Gasteiger partial charge on any atom is 0.114 e. The van der Waals surface area contributed by atoms with Crippen molar-refractivity contribution in [3.05, 3.63) is 52.7 Å². The minimum absolute atomic E-state index is 0.235. The van der Waals surface area contributed by atoms with Crippen molar-refractivity contribution in [3.8, 4) is 11.1 Å². The van der Waals surface area contributed by atoms with E-state index in [0.29, 0.717) is 11.1 Å². The van der Waals surface area contributed by atoms with Crippen molar-refractivity contribution in [3.63, 3.8) is 0 Å². The molecule has 2 aromatic rings. The molecule has 2 aromatic carbocycles. The number of hydrogen-bond acceptors (Lipinski definition) is 4. The molecule has 0 amide bonds. The van der Waals surface area contributed by atoms with Gasteiger partial charge >= 0.3 is 0 Å². The first kappa shape index (κ1) is 12.3. The van der Waals surface area contributed by atoms with Gasteiger partial charge < -0.3 is 4.13 Å². The molecule has 0 aliphatic carbocycles. The van der Waals surface area contributed by atoms with E-state index in [1.54, 1.807) is 36.4 Å². The first-order chi connectivity index (χ1) is 8.92. The van der Waals surface area contributed by atoms with Gasteiger partial charge in [-0.05, 0) is 17.2 Å². The molecule has 0 unspecified atom stereocenters. The maximum absolute atomic E-state index is 11.9. The molecular formula is C12H8NO4S2-. The summed E-state index contributed by atoms with van der Waals surface area (Å²) in [5, 5.41) is 0. The highest BCUT2D eigenvalue weighted by Crippen LogP contribution is 2.43. The first-order valence-corrected chi connectivity index (χ1v) is 8.22. The monoisotopic (exact) mass is 294 g/mol.